The molecule has 0 N–H and O–H groups in total. The molecule has 0 unspecified atom stereocenters. The maximum atomic E-state index is 11.0. The predicted molar refractivity (Wildman–Crippen MR) is 54.7 cm³/mol. The summed E-state index contributed by atoms with van der Waals surface area (Å²) in [6, 6.07) is 0. The lowest BCUT2D eigenvalue weighted by atomic mass is 10.5. The topological polar surface area (TPSA) is 52.6 Å². The second-order valence-electron chi connectivity index (χ2n) is 2.95. The summed E-state index contributed by atoms with van der Waals surface area (Å²) in [5.41, 5.74) is 0. The van der Waals surface area contributed by atoms with Crippen LogP contribution in [0.4, 0.5) is 0 Å². The maximum absolute atomic E-state index is 11.0. The summed E-state index contributed by atoms with van der Waals surface area (Å²) < 4.78 is 9.88. The van der Waals surface area contributed by atoms with Gasteiger partial charge in [0.2, 0.25) is 0 Å². The molecule has 0 radical (unpaired) electrons. The molecule has 0 aliphatic rings. The zero-order valence-corrected chi connectivity index (χ0v) is 9.57. The fourth-order valence-corrected chi connectivity index (χ4v) is 1.88. The molecule has 0 saturated carbocycles. The summed E-state index contributed by atoms with van der Waals surface area (Å²) in [5, 5.41) is 0. The second-order valence-corrected chi connectivity index (χ2v) is 6.15. The minimum atomic E-state index is -2.71. The van der Waals surface area contributed by atoms with Gasteiger partial charge in [0.05, 0.1) is 0 Å². The Bertz CT molecular complexity index is 268. The Morgan fingerprint density at radius 3 is 2.14 bits per heavy atom. The molecule has 0 atom stereocenters. The SMILES string of the molecule is C=CC(=O)O[Si](C)(C)OC(=O)C=CC. The first-order chi connectivity index (χ1) is 6.41. The van der Waals surface area contributed by atoms with E-state index in [2.05, 4.69) is 6.58 Å². The van der Waals surface area contributed by atoms with E-state index in [4.69, 9.17) is 8.85 Å². The van der Waals surface area contributed by atoms with Gasteiger partial charge in [-0.05, 0) is 6.92 Å². The van der Waals surface area contributed by atoms with Crippen molar-refractivity contribution >= 4 is 20.5 Å². The monoisotopic (exact) mass is 214 g/mol. The fourth-order valence-electron chi connectivity index (χ4n) is 0.717. The van der Waals surface area contributed by atoms with Crippen LogP contribution in [0, 0.1) is 0 Å². The molecule has 0 saturated heterocycles. The van der Waals surface area contributed by atoms with Crippen LogP contribution in [0.25, 0.3) is 0 Å². The Labute approximate surface area is 84.5 Å². The van der Waals surface area contributed by atoms with Gasteiger partial charge in [0, 0.05) is 25.2 Å². The van der Waals surface area contributed by atoms with Crippen molar-refractivity contribution in [1.82, 2.24) is 0 Å². The molecular weight excluding hydrogens is 200 g/mol. The van der Waals surface area contributed by atoms with E-state index in [0.717, 1.165) is 6.08 Å². The van der Waals surface area contributed by atoms with Gasteiger partial charge in [0.1, 0.15) is 0 Å². The molecule has 0 aliphatic heterocycles. The molecule has 5 heteroatoms. The van der Waals surface area contributed by atoms with Crippen molar-refractivity contribution in [3.63, 3.8) is 0 Å². The van der Waals surface area contributed by atoms with Crippen LogP contribution in [0.2, 0.25) is 13.1 Å². The van der Waals surface area contributed by atoms with Gasteiger partial charge in [0.25, 0.3) is 0 Å². The number of allylic oxidation sites excluding steroid dienone is 1. The van der Waals surface area contributed by atoms with Crippen LogP contribution >= 0.6 is 0 Å². The van der Waals surface area contributed by atoms with E-state index in [-0.39, 0.29) is 0 Å². The number of hydrogen-bond donors (Lipinski definition) is 0. The van der Waals surface area contributed by atoms with Gasteiger partial charge < -0.3 is 8.85 Å². The molecule has 14 heavy (non-hydrogen) atoms. The van der Waals surface area contributed by atoms with Crippen LogP contribution in [-0.4, -0.2) is 20.5 Å². The molecule has 4 nitrogen and oxygen atoms in total. The van der Waals surface area contributed by atoms with Crippen molar-refractivity contribution in [2.45, 2.75) is 20.0 Å². The van der Waals surface area contributed by atoms with E-state index in [1.54, 1.807) is 26.1 Å². The van der Waals surface area contributed by atoms with E-state index in [1.807, 2.05) is 0 Å². The van der Waals surface area contributed by atoms with Crippen molar-refractivity contribution in [3.05, 3.63) is 24.8 Å². The standard InChI is InChI=1S/C9H14O4Si/c1-5-7-9(11)13-14(3,4)12-8(10)6-2/h5-7H,2H2,1,3-4H3. The molecule has 0 aromatic carbocycles. The average molecular weight is 214 g/mol. The molecule has 0 amide bonds. The first-order valence-corrected chi connectivity index (χ1v) is 6.94. The predicted octanol–water partition coefficient (Wildman–Crippen LogP) is 1.54. The van der Waals surface area contributed by atoms with Gasteiger partial charge in [-0.25, -0.2) is 9.59 Å². The summed E-state index contributed by atoms with van der Waals surface area (Å²) in [4.78, 5) is 21.9. The lowest BCUT2D eigenvalue weighted by molar-refractivity contribution is -0.135. The van der Waals surface area contributed by atoms with Gasteiger partial charge in [-0.3, -0.25) is 0 Å². The summed E-state index contributed by atoms with van der Waals surface area (Å²) in [6.45, 7) is 8.17. The van der Waals surface area contributed by atoms with Gasteiger partial charge in [-0.15, -0.1) is 0 Å². The van der Waals surface area contributed by atoms with E-state index in [0.29, 0.717) is 0 Å². The Kier molecular flexibility index (Phi) is 4.86. The molecule has 0 rings (SSSR count). The Morgan fingerprint density at radius 2 is 1.71 bits per heavy atom. The quantitative estimate of drug-likeness (QED) is 0.526. The zero-order chi connectivity index (χ0) is 11.2. The molecule has 0 aromatic rings. The lowest BCUT2D eigenvalue weighted by Gasteiger charge is -2.20. The first kappa shape index (κ1) is 12.6. The molecule has 0 aromatic heterocycles. The number of carbonyl (C=O) groups is 2. The Balaban J connectivity index is 4.26. The molecule has 0 aliphatic carbocycles. The second kappa shape index (κ2) is 5.38. The summed E-state index contributed by atoms with van der Waals surface area (Å²) in [5.74, 6) is -1.07. The minimum Gasteiger partial charge on any atom is -0.482 e. The van der Waals surface area contributed by atoms with Crippen LogP contribution in [0.1, 0.15) is 6.92 Å². The first-order valence-electron chi connectivity index (χ1n) is 4.12. The number of carbonyl (C=O) groups excluding carboxylic acids is 2. The molecule has 78 valence electrons. The summed E-state index contributed by atoms with van der Waals surface area (Å²) in [7, 11) is -2.71. The van der Waals surface area contributed by atoms with Crippen LogP contribution in [0.3, 0.4) is 0 Å². The van der Waals surface area contributed by atoms with Crippen LogP contribution in [-0.2, 0) is 18.4 Å². The molecule has 0 spiro atoms. The zero-order valence-electron chi connectivity index (χ0n) is 8.57. The number of hydrogen-bond acceptors (Lipinski definition) is 4. The van der Waals surface area contributed by atoms with E-state index in [9.17, 15) is 9.59 Å². The van der Waals surface area contributed by atoms with E-state index >= 15 is 0 Å². The normalized spacial score (nSPS) is 11.1. The average Bonchev–Trinajstić information content (AvgIpc) is 2.02. The number of rotatable bonds is 4. The smallest absolute Gasteiger partial charge is 0.458 e. The third-order valence-corrected chi connectivity index (χ3v) is 2.55. The molecule has 0 bridgehead atoms. The third-order valence-electron chi connectivity index (χ3n) is 1.16. The highest BCUT2D eigenvalue weighted by atomic mass is 28.4. The Hall–Kier alpha value is -1.36. The minimum absolute atomic E-state index is 0.499. The van der Waals surface area contributed by atoms with Gasteiger partial charge in [-0.1, -0.05) is 12.7 Å². The lowest BCUT2D eigenvalue weighted by Crippen LogP contribution is -2.38. The highest BCUT2D eigenvalue weighted by Crippen LogP contribution is 2.07. The van der Waals surface area contributed by atoms with Crippen molar-refractivity contribution in [2.24, 2.45) is 0 Å². The summed E-state index contributed by atoms with van der Waals surface area (Å²) in [6.07, 6.45) is 3.87. The molecular formula is C9H14O4Si. The van der Waals surface area contributed by atoms with Crippen LogP contribution in [0.5, 0.6) is 0 Å². The highest BCUT2D eigenvalue weighted by molar-refractivity contribution is 6.68. The van der Waals surface area contributed by atoms with Crippen molar-refractivity contribution in [2.75, 3.05) is 0 Å². The van der Waals surface area contributed by atoms with Gasteiger partial charge >= 0.3 is 20.5 Å². The molecule has 0 fully saturated rings. The van der Waals surface area contributed by atoms with E-state index < -0.39 is 20.5 Å². The van der Waals surface area contributed by atoms with Crippen molar-refractivity contribution in [3.8, 4) is 0 Å². The van der Waals surface area contributed by atoms with Crippen molar-refractivity contribution < 1.29 is 18.4 Å². The van der Waals surface area contributed by atoms with Gasteiger partial charge in [0.15, 0.2) is 0 Å². The fraction of sp³-hybridized carbons (Fsp3) is 0.333. The van der Waals surface area contributed by atoms with E-state index in [1.165, 1.54) is 6.08 Å². The third kappa shape index (κ3) is 5.31. The largest absolute Gasteiger partial charge is 0.482 e. The van der Waals surface area contributed by atoms with Crippen LogP contribution < -0.4 is 0 Å². The Morgan fingerprint density at radius 1 is 1.21 bits per heavy atom. The van der Waals surface area contributed by atoms with Crippen LogP contribution in [0.15, 0.2) is 24.8 Å². The van der Waals surface area contributed by atoms with Gasteiger partial charge in [-0.2, -0.15) is 0 Å². The maximum Gasteiger partial charge on any atom is 0.458 e. The highest BCUT2D eigenvalue weighted by Gasteiger charge is 2.32. The van der Waals surface area contributed by atoms with Crippen molar-refractivity contribution in [1.29, 1.82) is 0 Å². The molecule has 0 heterocycles. The summed E-state index contributed by atoms with van der Waals surface area (Å²) >= 11 is 0.